The van der Waals surface area contributed by atoms with Crippen LogP contribution < -0.4 is 10.0 Å². The minimum atomic E-state index is -4.36. The molecule has 31 heavy (non-hydrogen) atoms. The minimum absolute atomic E-state index is 0.229. The number of carbonyl (C=O) groups is 2. The largest absolute Gasteiger partial charge is 0.451 e. The smallest absolute Gasteiger partial charge is 0.325 e. The Morgan fingerprint density at radius 3 is 2.29 bits per heavy atom. The quantitative estimate of drug-likeness (QED) is 0.599. The van der Waals surface area contributed by atoms with E-state index in [1.165, 1.54) is 31.2 Å². The van der Waals surface area contributed by atoms with Gasteiger partial charge in [0.15, 0.2) is 6.10 Å². The average Bonchev–Trinajstić information content (AvgIpc) is 2.72. The zero-order valence-electron chi connectivity index (χ0n) is 17.1. The maximum atomic E-state index is 13.9. The van der Waals surface area contributed by atoms with Crippen molar-refractivity contribution in [3.8, 4) is 6.07 Å². The molecule has 8 nitrogen and oxygen atoms in total. The van der Waals surface area contributed by atoms with Crippen LogP contribution in [0.1, 0.15) is 26.3 Å². The third-order valence-corrected chi connectivity index (χ3v) is 5.77. The highest BCUT2D eigenvalue weighted by atomic mass is 32.2. The lowest BCUT2D eigenvalue weighted by molar-refractivity contribution is -0.155. The molecule has 0 saturated carbocycles. The third-order valence-electron chi connectivity index (χ3n) is 4.30. The van der Waals surface area contributed by atoms with Gasteiger partial charge in [-0.05, 0) is 37.1 Å². The summed E-state index contributed by atoms with van der Waals surface area (Å²) in [7, 11) is -4.36. The lowest BCUT2D eigenvalue weighted by Gasteiger charge is -2.23. The van der Waals surface area contributed by atoms with Gasteiger partial charge >= 0.3 is 5.97 Å². The van der Waals surface area contributed by atoms with Crippen LogP contribution in [0.2, 0.25) is 0 Å². The third kappa shape index (κ3) is 6.10. The lowest BCUT2D eigenvalue weighted by Crippen LogP contribution is -2.47. The van der Waals surface area contributed by atoms with Gasteiger partial charge in [-0.2, -0.15) is 9.98 Å². The Labute approximate surface area is 180 Å². The average molecular weight is 447 g/mol. The molecule has 0 aliphatic carbocycles. The molecule has 2 atom stereocenters. The fraction of sp³-hybridized carbons (Fsp3) is 0.286. The zero-order chi connectivity index (χ0) is 23.2. The summed E-state index contributed by atoms with van der Waals surface area (Å²) in [5, 5.41) is 11.6. The van der Waals surface area contributed by atoms with Crippen LogP contribution in [0.25, 0.3) is 0 Å². The van der Waals surface area contributed by atoms with Crippen LogP contribution in [-0.4, -0.2) is 32.4 Å². The van der Waals surface area contributed by atoms with Crippen LogP contribution in [0, 0.1) is 23.1 Å². The van der Waals surface area contributed by atoms with Crippen molar-refractivity contribution < 1.29 is 27.1 Å². The number of carbonyl (C=O) groups excluding carboxylic acids is 2. The maximum absolute atomic E-state index is 13.9. The molecule has 0 heterocycles. The molecule has 164 valence electrons. The van der Waals surface area contributed by atoms with E-state index in [1.807, 2.05) is 6.07 Å². The number of halogens is 1. The first kappa shape index (κ1) is 24.0. The number of benzene rings is 2. The number of nitriles is 1. The Bertz CT molecular complexity index is 1110. The van der Waals surface area contributed by atoms with E-state index in [2.05, 4.69) is 10.0 Å². The number of amides is 1. The molecule has 0 spiro atoms. The molecular weight excluding hydrogens is 425 g/mol. The second-order valence-corrected chi connectivity index (χ2v) is 8.68. The molecule has 1 amide bonds. The van der Waals surface area contributed by atoms with Gasteiger partial charge in [-0.15, -0.1) is 0 Å². The van der Waals surface area contributed by atoms with E-state index in [4.69, 9.17) is 10.00 Å². The molecule has 2 aromatic carbocycles. The van der Waals surface area contributed by atoms with Gasteiger partial charge in [0.2, 0.25) is 10.0 Å². The number of nitrogens with zero attached hydrogens (tertiary/aromatic N) is 1. The van der Waals surface area contributed by atoms with Crippen LogP contribution in [0.5, 0.6) is 0 Å². The van der Waals surface area contributed by atoms with Crippen LogP contribution >= 0.6 is 0 Å². The molecule has 0 fully saturated rings. The molecule has 0 aliphatic heterocycles. The molecule has 0 bridgehead atoms. The molecule has 0 radical (unpaired) electrons. The molecular formula is C21H22FN3O5S. The molecule has 2 aromatic rings. The number of hydrogen-bond acceptors (Lipinski definition) is 6. The monoisotopic (exact) mass is 447 g/mol. The first-order valence-corrected chi connectivity index (χ1v) is 10.8. The molecule has 1 unspecified atom stereocenters. The lowest BCUT2D eigenvalue weighted by atomic mass is 10.1. The van der Waals surface area contributed by atoms with E-state index in [0.717, 1.165) is 12.1 Å². The van der Waals surface area contributed by atoms with E-state index in [1.54, 1.807) is 26.0 Å². The van der Waals surface area contributed by atoms with E-state index in [-0.39, 0.29) is 11.3 Å². The van der Waals surface area contributed by atoms with Crippen molar-refractivity contribution in [1.29, 1.82) is 5.26 Å². The topological polar surface area (TPSA) is 125 Å². The second kappa shape index (κ2) is 10.1. The molecule has 0 aromatic heterocycles. The first-order valence-electron chi connectivity index (χ1n) is 9.34. The van der Waals surface area contributed by atoms with Crippen molar-refractivity contribution in [2.45, 2.75) is 37.8 Å². The van der Waals surface area contributed by atoms with Crippen LogP contribution in [0.15, 0.2) is 53.4 Å². The zero-order valence-corrected chi connectivity index (χ0v) is 17.9. The Kier molecular flexibility index (Phi) is 7.85. The van der Waals surface area contributed by atoms with Crippen LogP contribution in [0.4, 0.5) is 10.1 Å². The number of sulfonamides is 1. The molecule has 0 saturated heterocycles. The first-order chi connectivity index (χ1) is 14.6. The molecule has 10 heteroatoms. The highest BCUT2D eigenvalue weighted by Gasteiger charge is 2.33. The van der Waals surface area contributed by atoms with Crippen molar-refractivity contribution in [2.24, 2.45) is 5.92 Å². The number of para-hydroxylation sites is 1. The summed E-state index contributed by atoms with van der Waals surface area (Å²) in [5.41, 5.74) is 0.477. The van der Waals surface area contributed by atoms with Gasteiger partial charge in [0.25, 0.3) is 5.91 Å². The number of hydrogen-bond donors (Lipinski definition) is 2. The van der Waals surface area contributed by atoms with Crippen molar-refractivity contribution >= 4 is 27.6 Å². The predicted octanol–water partition coefficient (Wildman–Crippen LogP) is 2.57. The second-order valence-electron chi connectivity index (χ2n) is 7.00. The SMILES string of the molecule is CC(OC(=O)[C@@H](NS(=O)(=O)c1ccccc1F)C(C)C)C(=O)Nc1ccccc1C#N. The Morgan fingerprint density at radius 1 is 1.06 bits per heavy atom. The van der Waals surface area contributed by atoms with E-state index in [0.29, 0.717) is 0 Å². The predicted molar refractivity (Wildman–Crippen MR) is 111 cm³/mol. The summed E-state index contributed by atoms with van der Waals surface area (Å²) in [6, 6.07) is 11.6. The van der Waals surface area contributed by atoms with Crippen molar-refractivity contribution in [1.82, 2.24) is 4.72 Å². The number of ether oxygens (including phenoxy) is 1. The van der Waals surface area contributed by atoms with Gasteiger partial charge in [0.1, 0.15) is 22.8 Å². The Morgan fingerprint density at radius 2 is 1.68 bits per heavy atom. The van der Waals surface area contributed by atoms with Gasteiger partial charge in [-0.3, -0.25) is 9.59 Å². The Hall–Kier alpha value is -3.29. The van der Waals surface area contributed by atoms with Crippen molar-refractivity contribution in [3.63, 3.8) is 0 Å². The fourth-order valence-corrected chi connectivity index (χ4v) is 3.99. The summed E-state index contributed by atoms with van der Waals surface area (Å²) in [6.07, 6.45) is -1.28. The van der Waals surface area contributed by atoms with Gasteiger partial charge in [-0.25, -0.2) is 12.8 Å². The molecule has 2 rings (SSSR count). The van der Waals surface area contributed by atoms with E-state index >= 15 is 0 Å². The highest BCUT2D eigenvalue weighted by Crippen LogP contribution is 2.17. The van der Waals surface area contributed by atoms with Crippen LogP contribution in [0.3, 0.4) is 0 Å². The van der Waals surface area contributed by atoms with Crippen molar-refractivity contribution in [3.05, 3.63) is 59.9 Å². The summed E-state index contributed by atoms with van der Waals surface area (Å²) >= 11 is 0. The number of anilines is 1. The summed E-state index contributed by atoms with van der Waals surface area (Å²) in [6.45, 7) is 4.46. The number of rotatable bonds is 8. The molecule has 2 N–H and O–H groups in total. The van der Waals surface area contributed by atoms with Gasteiger partial charge < -0.3 is 10.1 Å². The van der Waals surface area contributed by atoms with Crippen molar-refractivity contribution in [2.75, 3.05) is 5.32 Å². The van der Waals surface area contributed by atoms with E-state index in [9.17, 15) is 22.4 Å². The van der Waals surface area contributed by atoms with Gasteiger partial charge in [0.05, 0.1) is 11.3 Å². The summed E-state index contributed by atoms with van der Waals surface area (Å²) in [5.74, 6) is -3.21. The maximum Gasteiger partial charge on any atom is 0.325 e. The minimum Gasteiger partial charge on any atom is -0.451 e. The highest BCUT2D eigenvalue weighted by molar-refractivity contribution is 7.89. The van der Waals surface area contributed by atoms with Crippen LogP contribution in [-0.2, 0) is 24.3 Å². The summed E-state index contributed by atoms with van der Waals surface area (Å²) in [4.78, 5) is 24.4. The van der Waals surface area contributed by atoms with Gasteiger partial charge in [-0.1, -0.05) is 38.1 Å². The summed E-state index contributed by atoms with van der Waals surface area (Å²) < 4.78 is 46.3. The standard InChI is InChI=1S/C21H22FN3O5S/c1-13(2)19(25-31(28,29)18-11-7-5-9-16(18)22)21(27)30-14(3)20(26)24-17-10-6-4-8-15(17)12-23/h4-11,13-14,19,25H,1-3H3,(H,24,26)/t14?,19-/m0/s1. The molecule has 0 aliphatic rings. The fourth-order valence-electron chi connectivity index (χ4n) is 2.57. The number of nitrogens with one attached hydrogen (secondary N) is 2. The van der Waals surface area contributed by atoms with Gasteiger partial charge in [0, 0.05) is 0 Å². The normalized spacial score (nSPS) is 13.2. The van der Waals surface area contributed by atoms with E-state index < -0.39 is 50.7 Å². The Balaban J connectivity index is 2.12. The number of esters is 1.